The summed E-state index contributed by atoms with van der Waals surface area (Å²) in [5.41, 5.74) is 0.216. The molecule has 1 saturated carbocycles. The van der Waals surface area contributed by atoms with Gasteiger partial charge in [0.2, 0.25) is 0 Å². The van der Waals surface area contributed by atoms with E-state index in [2.05, 4.69) is 0 Å². The molecule has 84 valence electrons. The second kappa shape index (κ2) is 4.17. The maximum Gasteiger partial charge on any atom is 1.00 e. The summed E-state index contributed by atoms with van der Waals surface area (Å²) in [5, 5.41) is 11.4. The summed E-state index contributed by atoms with van der Waals surface area (Å²) in [4.78, 5) is 11.4. The molecule has 2 aliphatic rings. The number of carboxylic acids is 1. The predicted molar refractivity (Wildman–Crippen MR) is 55.6 cm³/mol. The van der Waals surface area contributed by atoms with Gasteiger partial charge in [-0.25, -0.2) is 0 Å². The van der Waals surface area contributed by atoms with Crippen LogP contribution in [0.4, 0.5) is 0 Å². The van der Waals surface area contributed by atoms with Crippen LogP contribution in [0.2, 0.25) is 0 Å². The molecule has 0 aromatic heterocycles. The Bertz CT molecular complexity index is 418. The van der Waals surface area contributed by atoms with Crippen molar-refractivity contribution in [2.45, 2.75) is 18.3 Å². The Morgan fingerprint density at radius 2 is 1.76 bits per heavy atom. The van der Waals surface area contributed by atoms with E-state index in [0.29, 0.717) is 26.1 Å². The first-order chi connectivity index (χ1) is 7.67. The first-order valence-corrected chi connectivity index (χ1v) is 5.52. The fourth-order valence-corrected chi connectivity index (χ4v) is 3.05. The Balaban J connectivity index is 0.00000108. The molecule has 1 aromatic rings. The van der Waals surface area contributed by atoms with Crippen molar-refractivity contribution in [1.82, 2.24) is 0 Å². The zero-order valence-corrected chi connectivity index (χ0v) is 9.94. The second-order valence-corrected chi connectivity index (χ2v) is 5.08. The normalized spacial score (nSPS) is 23.1. The van der Waals surface area contributed by atoms with Gasteiger partial charge < -0.3 is 14.6 Å². The number of carbonyl (C=O) groups excluding carboxylic acids is 1. The van der Waals surface area contributed by atoms with Crippen molar-refractivity contribution in [3.8, 4) is 0 Å². The van der Waals surface area contributed by atoms with Gasteiger partial charge in [0.05, 0.1) is 19.2 Å². The molecule has 0 radical (unpaired) electrons. The number of benzene rings is 1. The predicted octanol–water partition coefficient (Wildman–Crippen LogP) is -2.51. The molecule has 0 atom stereocenters. The average Bonchev–Trinajstić information content (AvgIpc) is 2.15. The number of hydrogen-bond donors (Lipinski definition) is 0. The van der Waals surface area contributed by atoms with Crippen molar-refractivity contribution >= 4 is 5.97 Å². The number of aliphatic carboxylic acids is 1. The minimum Gasteiger partial charge on any atom is -0.549 e. The van der Waals surface area contributed by atoms with E-state index in [-0.39, 0.29) is 24.3 Å². The summed E-state index contributed by atoms with van der Waals surface area (Å²) >= 11 is 0. The molecule has 2 fully saturated rings. The first-order valence-electron chi connectivity index (χ1n) is 5.52. The molecule has 0 bridgehead atoms. The van der Waals surface area contributed by atoms with Crippen molar-refractivity contribution in [3.63, 3.8) is 0 Å². The molecule has 0 unspecified atom stereocenters. The van der Waals surface area contributed by atoms with Crippen LogP contribution in [0.15, 0.2) is 30.3 Å². The van der Waals surface area contributed by atoms with Gasteiger partial charge >= 0.3 is 18.9 Å². The van der Waals surface area contributed by atoms with Crippen LogP contribution in [0.1, 0.15) is 18.4 Å². The van der Waals surface area contributed by atoms with Crippen molar-refractivity contribution in [2.24, 2.45) is 5.41 Å². The van der Waals surface area contributed by atoms with Crippen molar-refractivity contribution in [1.29, 1.82) is 0 Å². The zero-order chi connectivity index (χ0) is 11.2. The molecule has 0 amide bonds. The van der Waals surface area contributed by atoms with Crippen LogP contribution in [0.5, 0.6) is 0 Å². The summed E-state index contributed by atoms with van der Waals surface area (Å²) < 4.78 is 5.18. The number of ether oxygens (including phenoxy) is 1. The molecule has 1 spiro atoms. The van der Waals surface area contributed by atoms with E-state index in [4.69, 9.17) is 4.74 Å². The van der Waals surface area contributed by atoms with Crippen molar-refractivity contribution < 1.29 is 33.5 Å². The van der Waals surface area contributed by atoms with Gasteiger partial charge in [0, 0.05) is 10.8 Å². The summed E-state index contributed by atoms with van der Waals surface area (Å²) in [6.07, 6.45) is 1.32. The van der Waals surface area contributed by atoms with Crippen molar-refractivity contribution in [2.75, 3.05) is 13.2 Å². The Hall–Kier alpha value is -0.753. The SMILES string of the molecule is O=C([O-])C1(c2ccccc2)CC2(COC2)C1.[Li+]. The van der Waals surface area contributed by atoms with E-state index in [0.717, 1.165) is 5.56 Å². The third-order valence-corrected chi connectivity index (χ3v) is 3.89. The van der Waals surface area contributed by atoms with Crippen molar-refractivity contribution in [3.05, 3.63) is 35.9 Å². The Morgan fingerprint density at radius 1 is 1.18 bits per heavy atom. The quantitative estimate of drug-likeness (QED) is 0.521. The molecular weight excluding hydrogens is 211 g/mol. The second-order valence-electron chi connectivity index (χ2n) is 5.08. The number of carboxylic acid groups (broad SMARTS) is 1. The standard InChI is InChI=1S/C13H14O3.Li/c14-11(15)13(10-4-2-1-3-5-10)6-12(7-13)8-16-9-12;/h1-5H,6-9H2,(H,14,15);/q;+1/p-1. The topological polar surface area (TPSA) is 49.4 Å². The summed E-state index contributed by atoms with van der Waals surface area (Å²) in [6.45, 7) is 1.41. The maximum atomic E-state index is 11.4. The van der Waals surface area contributed by atoms with Crippen LogP contribution < -0.4 is 24.0 Å². The van der Waals surface area contributed by atoms with E-state index in [9.17, 15) is 9.90 Å². The minimum absolute atomic E-state index is 0. The van der Waals surface area contributed by atoms with E-state index in [1.54, 1.807) is 0 Å². The van der Waals surface area contributed by atoms with Gasteiger partial charge in [-0.15, -0.1) is 0 Å². The van der Waals surface area contributed by atoms with E-state index in [1.165, 1.54) is 0 Å². The van der Waals surface area contributed by atoms with Gasteiger partial charge in [0.1, 0.15) is 0 Å². The Kier molecular flexibility index (Phi) is 3.11. The van der Waals surface area contributed by atoms with Crippen LogP contribution in [0.25, 0.3) is 0 Å². The van der Waals surface area contributed by atoms with Crippen LogP contribution in [0, 0.1) is 5.41 Å². The molecule has 1 saturated heterocycles. The molecule has 17 heavy (non-hydrogen) atoms. The summed E-state index contributed by atoms with van der Waals surface area (Å²) in [5.74, 6) is -0.948. The molecular formula is C13H13LiO3. The first kappa shape index (κ1) is 12.7. The van der Waals surface area contributed by atoms with Crippen LogP contribution >= 0.6 is 0 Å². The Labute approximate surface area is 112 Å². The molecule has 4 heteroatoms. The minimum atomic E-state index is -0.948. The number of hydrogen-bond acceptors (Lipinski definition) is 3. The van der Waals surface area contributed by atoms with Gasteiger partial charge in [-0.3, -0.25) is 0 Å². The molecule has 1 heterocycles. The molecule has 1 aromatic carbocycles. The largest absolute Gasteiger partial charge is 1.00 e. The summed E-state index contributed by atoms with van der Waals surface area (Å²) in [7, 11) is 0. The summed E-state index contributed by atoms with van der Waals surface area (Å²) in [6, 6.07) is 9.41. The number of rotatable bonds is 2. The average molecular weight is 224 g/mol. The monoisotopic (exact) mass is 224 g/mol. The van der Waals surface area contributed by atoms with Gasteiger partial charge in [0.15, 0.2) is 0 Å². The molecule has 3 nitrogen and oxygen atoms in total. The van der Waals surface area contributed by atoms with E-state index in [1.807, 2.05) is 30.3 Å². The van der Waals surface area contributed by atoms with Crippen LogP contribution in [-0.4, -0.2) is 19.2 Å². The smallest absolute Gasteiger partial charge is 0.549 e. The number of carbonyl (C=O) groups is 1. The fraction of sp³-hybridized carbons (Fsp3) is 0.462. The molecule has 1 aliphatic heterocycles. The molecule has 3 rings (SSSR count). The third-order valence-electron chi connectivity index (χ3n) is 3.89. The molecule has 0 N–H and O–H groups in total. The third kappa shape index (κ3) is 1.74. The van der Waals surface area contributed by atoms with Gasteiger partial charge in [0.25, 0.3) is 0 Å². The Morgan fingerprint density at radius 3 is 2.18 bits per heavy atom. The van der Waals surface area contributed by atoms with Crippen LogP contribution in [0.3, 0.4) is 0 Å². The fourth-order valence-electron chi connectivity index (χ4n) is 3.05. The van der Waals surface area contributed by atoms with Gasteiger partial charge in [-0.1, -0.05) is 30.3 Å². The van der Waals surface area contributed by atoms with Crippen LogP contribution in [-0.2, 0) is 14.9 Å². The van der Waals surface area contributed by atoms with E-state index < -0.39 is 11.4 Å². The van der Waals surface area contributed by atoms with Gasteiger partial charge in [-0.2, -0.15) is 0 Å². The van der Waals surface area contributed by atoms with E-state index >= 15 is 0 Å². The molecule has 1 aliphatic carbocycles. The maximum absolute atomic E-state index is 11.4. The van der Waals surface area contributed by atoms with Gasteiger partial charge in [-0.05, 0) is 18.4 Å². The zero-order valence-electron chi connectivity index (χ0n) is 9.94.